The molecule has 0 amide bonds. The minimum Gasteiger partial charge on any atom is -0.380 e. The molecule has 1 aliphatic rings. The Kier molecular flexibility index (Phi) is 5.12. The van der Waals surface area contributed by atoms with E-state index in [4.69, 9.17) is 11.6 Å². The first-order valence-electron chi connectivity index (χ1n) is 9.12. The Morgan fingerprint density at radius 1 is 1.06 bits per heavy atom. The number of nitrogens with zero attached hydrogens (tertiary/aromatic N) is 3. The highest BCUT2D eigenvalue weighted by molar-refractivity contribution is 6.32. The van der Waals surface area contributed by atoms with Gasteiger partial charge in [-0.3, -0.25) is 0 Å². The molecule has 4 rings (SSSR count). The van der Waals surface area contributed by atoms with Crippen molar-refractivity contribution in [3.63, 3.8) is 0 Å². The summed E-state index contributed by atoms with van der Waals surface area (Å²) in [6, 6.07) is 6.64. The maximum atomic E-state index is 13.3. The lowest BCUT2D eigenvalue weighted by Crippen LogP contribution is -2.59. The Bertz CT molecular complexity index is 1250. The molecule has 1 aromatic carbocycles. The van der Waals surface area contributed by atoms with E-state index in [9.17, 15) is 36.2 Å². The summed E-state index contributed by atoms with van der Waals surface area (Å²) >= 11 is 6.10. The van der Waals surface area contributed by atoms with Gasteiger partial charge in [-0.1, -0.05) is 23.7 Å². The summed E-state index contributed by atoms with van der Waals surface area (Å²) in [4.78, 5) is 20.1. The molecule has 0 unspecified atom stereocenters. The van der Waals surface area contributed by atoms with Gasteiger partial charge in [0.2, 0.25) is 0 Å². The van der Waals surface area contributed by atoms with E-state index in [1.165, 1.54) is 18.2 Å². The Morgan fingerprint density at radius 2 is 1.72 bits per heavy atom. The van der Waals surface area contributed by atoms with Crippen molar-refractivity contribution in [1.29, 1.82) is 0 Å². The van der Waals surface area contributed by atoms with Crippen molar-refractivity contribution >= 4 is 28.5 Å². The fourth-order valence-corrected chi connectivity index (χ4v) is 3.72. The molecule has 0 bridgehead atoms. The van der Waals surface area contributed by atoms with Gasteiger partial charge < -0.3 is 10.4 Å². The molecule has 2 N–H and O–H groups in total. The number of aliphatic hydroxyl groups is 1. The molecule has 1 aliphatic carbocycles. The average Bonchev–Trinajstić information content (AvgIpc) is 2.66. The first kappa shape index (κ1) is 22.3. The second-order valence-corrected chi connectivity index (χ2v) is 7.78. The van der Waals surface area contributed by atoms with Crippen LogP contribution in [0.25, 0.3) is 16.7 Å². The number of para-hydroxylation sites is 1. The molecule has 1 saturated carbocycles. The van der Waals surface area contributed by atoms with Gasteiger partial charge in [0.15, 0.2) is 11.2 Å². The van der Waals surface area contributed by atoms with Gasteiger partial charge in [0, 0.05) is 18.9 Å². The Labute approximate surface area is 180 Å². The van der Waals surface area contributed by atoms with Crippen LogP contribution in [-0.2, 0) is 6.18 Å². The van der Waals surface area contributed by atoms with E-state index in [1.807, 2.05) is 0 Å². The molecular formula is C19H13ClF6N4O2. The van der Waals surface area contributed by atoms with Gasteiger partial charge in [-0.25, -0.2) is 14.3 Å². The summed E-state index contributed by atoms with van der Waals surface area (Å²) in [5.41, 5.74) is -5.59. The van der Waals surface area contributed by atoms with Crippen LogP contribution in [0.4, 0.5) is 32.2 Å². The largest absolute Gasteiger partial charge is 0.433 e. The fourth-order valence-electron chi connectivity index (χ4n) is 3.50. The molecule has 32 heavy (non-hydrogen) atoms. The van der Waals surface area contributed by atoms with Crippen molar-refractivity contribution in [2.75, 3.05) is 5.32 Å². The van der Waals surface area contributed by atoms with E-state index >= 15 is 0 Å². The third kappa shape index (κ3) is 3.77. The Hall–Kier alpha value is -2.86. The van der Waals surface area contributed by atoms with Gasteiger partial charge in [0.05, 0.1) is 16.1 Å². The number of rotatable bonds is 3. The molecule has 2 aromatic heterocycles. The summed E-state index contributed by atoms with van der Waals surface area (Å²) in [7, 11) is 0. The van der Waals surface area contributed by atoms with Crippen molar-refractivity contribution in [3.8, 4) is 5.69 Å². The van der Waals surface area contributed by atoms with Crippen LogP contribution in [0, 0.1) is 0 Å². The zero-order chi connectivity index (χ0) is 23.5. The number of halogens is 7. The summed E-state index contributed by atoms with van der Waals surface area (Å²) in [5.74, 6) is -0.247. The third-order valence-corrected chi connectivity index (χ3v) is 5.48. The lowest BCUT2D eigenvalue weighted by atomic mass is 9.75. The van der Waals surface area contributed by atoms with Crippen molar-refractivity contribution in [2.24, 2.45) is 0 Å². The van der Waals surface area contributed by atoms with E-state index in [-0.39, 0.29) is 21.9 Å². The molecular weight excluding hydrogens is 466 g/mol. The number of benzene rings is 1. The fraction of sp³-hybridized carbons (Fsp3) is 0.316. The number of fused-ring (bicyclic) bond motifs is 1. The standard InChI is InChI=1S/C19H13ClF6N4O2/c20-11-3-1-2-4-12(11)30-15-10(5-6-13(28-15)18(21,22)23)14(29-16(30)31)27-9-7-17(32,8-9)19(24,25)26/h1-6,9,32H,7-8H2,(H,27,29,31)/t9-,17-. The summed E-state index contributed by atoms with van der Waals surface area (Å²) in [6.45, 7) is 0. The molecule has 3 aromatic rings. The SMILES string of the molecule is O=c1nc(N[C@H]2C[C@@](O)(C(F)(F)F)C2)c2ccc(C(F)(F)F)nc2n1-c1ccccc1Cl. The van der Waals surface area contributed by atoms with Crippen LogP contribution < -0.4 is 11.0 Å². The minimum atomic E-state index is -4.84. The van der Waals surface area contributed by atoms with Crippen LogP contribution >= 0.6 is 11.6 Å². The summed E-state index contributed by atoms with van der Waals surface area (Å²) in [6.07, 6.45) is -11.1. The zero-order valence-electron chi connectivity index (χ0n) is 15.8. The van der Waals surface area contributed by atoms with E-state index in [2.05, 4.69) is 15.3 Å². The van der Waals surface area contributed by atoms with E-state index < -0.39 is 53.9 Å². The predicted molar refractivity (Wildman–Crippen MR) is 103 cm³/mol. The number of hydrogen-bond donors (Lipinski definition) is 2. The van der Waals surface area contributed by atoms with Crippen LogP contribution in [-0.4, -0.2) is 37.5 Å². The molecule has 13 heteroatoms. The predicted octanol–water partition coefficient (Wildman–Crippen LogP) is 4.32. The van der Waals surface area contributed by atoms with Crippen molar-refractivity contribution in [1.82, 2.24) is 14.5 Å². The average molecular weight is 479 g/mol. The number of alkyl halides is 6. The lowest BCUT2D eigenvalue weighted by Gasteiger charge is -2.44. The molecule has 6 nitrogen and oxygen atoms in total. The van der Waals surface area contributed by atoms with E-state index in [0.717, 1.165) is 10.6 Å². The molecule has 0 atom stereocenters. The lowest BCUT2D eigenvalue weighted by molar-refractivity contribution is -0.288. The van der Waals surface area contributed by atoms with Crippen LogP contribution in [0.2, 0.25) is 5.02 Å². The van der Waals surface area contributed by atoms with Gasteiger partial charge in [-0.15, -0.1) is 0 Å². The second-order valence-electron chi connectivity index (χ2n) is 7.37. The Morgan fingerprint density at radius 3 is 2.31 bits per heavy atom. The minimum absolute atomic E-state index is 0.0325. The van der Waals surface area contributed by atoms with Gasteiger partial charge in [0.1, 0.15) is 11.5 Å². The quantitative estimate of drug-likeness (QED) is 0.548. The van der Waals surface area contributed by atoms with Crippen molar-refractivity contribution in [2.45, 2.75) is 36.8 Å². The summed E-state index contributed by atoms with van der Waals surface area (Å²) < 4.78 is 79.2. The smallest absolute Gasteiger partial charge is 0.380 e. The first-order valence-corrected chi connectivity index (χ1v) is 9.49. The molecule has 0 radical (unpaired) electrons. The first-order chi connectivity index (χ1) is 14.8. The Balaban J connectivity index is 1.84. The van der Waals surface area contributed by atoms with Gasteiger partial charge in [0.25, 0.3) is 0 Å². The van der Waals surface area contributed by atoms with Crippen LogP contribution in [0.5, 0.6) is 0 Å². The van der Waals surface area contributed by atoms with E-state index in [1.54, 1.807) is 6.07 Å². The number of aromatic nitrogens is 3. The molecule has 0 saturated heterocycles. The topological polar surface area (TPSA) is 80.0 Å². The highest BCUT2D eigenvalue weighted by Gasteiger charge is 2.61. The maximum absolute atomic E-state index is 13.3. The van der Waals surface area contributed by atoms with E-state index in [0.29, 0.717) is 6.07 Å². The normalized spacial score (nSPS) is 21.4. The van der Waals surface area contributed by atoms with Gasteiger partial charge >= 0.3 is 18.0 Å². The van der Waals surface area contributed by atoms with Crippen molar-refractivity contribution < 1.29 is 31.4 Å². The summed E-state index contributed by atoms with van der Waals surface area (Å²) in [5, 5.41) is 12.2. The number of nitrogens with one attached hydrogen (secondary N) is 1. The molecule has 1 fully saturated rings. The number of anilines is 1. The highest BCUT2D eigenvalue weighted by Crippen LogP contribution is 2.46. The molecule has 0 spiro atoms. The van der Waals surface area contributed by atoms with Crippen LogP contribution in [0.3, 0.4) is 0 Å². The van der Waals surface area contributed by atoms with Crippen LogP contribution in [0.15, 0.2) is 41.2 Å². The van der Waals surface area contributed by atoms with Gasteiger partial charge in [-0.2, -0.15) is 31.3 Å². The van der Waals surface area contributed by atoms with Gasteiger partial charge in [-0.05, 0) is 24.3 Å². The maximum Gasteiger partial charge on any atom is 0.433 e. The second kappa shape index (κ2) is 7.34. The molecule has 170 valence electrons. The highest BCUT2D eigenvalue weighted by atomic mass is 35.5. The monoisotopic (exact) mass is 478 g/mol. The molecule has 2 heterocycles. The molecule has 0 aliphatic heterocycles. The van der Waals surface area contributed by atoms with Crippen LogP contribution in [0.1, 0.15) is 18.5 Å². The zero-order valence-corrected chi connectivity index (χ0v) is 16.6. The number of hydrogen-bond acceptors (Lipinski definition) is 5. The third-order valence-electron chi connectivity index (χ3n) is 5.16. The van der Waals surface area contributed by atoms with Crippen molar-refractivity contribution in [3.05, 3.63) is 57.6 Å². The number of pyridine rings is 1.